The monoisotopic (exact) mass is 171 g/mol. The summed E-state index contributed by atoms with van der Waals surface area (Å²) in [4.78, 5) is 13.2. The Hall–Kier alpha value is -0.570. The highest BCUT2D eigenvalue weighted by atomic mass is 16.3. The minimum Gasteiger partial charge on any atom is -0.396 e. The Labute approximate surface area is 73.4 Å². The summed E-state index contributed by atoms with van der Waals surface area (Å²) >= 11 is 0. The first-order valence-electron chi connectivity index (χ1n) is 4.36. The molecule has 1 aliphatic heterocycles. The van der Waals surface area contributed by atoms with E-state index in [0.717, 1.165) is 0 Å². The molecule has 0 saturated carbocycles. The van der Waals surface area contributed by atoms with Crippen LogP contribution in [0.15, 0.2) is 0 Å². The van der Waals surface area contributed by atoms with Crippen molar-refractivity contribution in [2.24, 2.45) is 5.92 Å². The van der Waals surface area contributed by atoms with Gasteiger partial charge in [-0.15, -0.1) is 0 Å². The van der Waals surface area contributed by atoms with Crippen LogP contribution in [-0.2, 0) is 4.79 Å². The lowest BCUT2D eigenvalue weighted by Gasteiger charge is -2.31. The number of amides is 1. The van der Waals surface area contributed by atoms with Crippen LogP contribution in [0, 0.1) is 5.92 Å². The molecule has 3 heteroatoms. The summed E-state index contributed by atoms with van der Waals surface area (Å²) in [6.45, 7) is 6.89. The molecule has 1 saturated heterocycles. The molecule has 12 heavy (non-hydrogen) atoms. The number of hydrogen-bond acceptors (Lipinski definition) is 2. The lowest BCUT2D eigenvalue weighted by molar-refractivity contribution is -0.131. The van der Waals surface area contributed by atoms with Crippen molar-refractivity contribution in [3.05, 3.63) is 0 Å². The quantitative estimate of drug-likeness (QED) is 0.628. The Morgan fingerprint density at radius 1 is 1.58 bits per heavy atom. The minimum atomic E-state index is -0.0962. The molecule has 0 aromatic carbocycles. The fraction of sp³-hybridized carbons (Fsp3) is 0.889. The number of hydrogen-bond donors (Lipinski definition) is 1. The van der Waals surface area contributed by atoms with Crippen molar-refractivity contribution in [3.63, 3.8) is 0 Å². The van der Waals surface area contributed by atoms with E-state index in [1.807, 2.05) is 25.7 Å². The van der Waals surface area contributed by atoms with Gasteiger partial charge < -0.3 is 10.0 Å². The van der Waals surface area contributed by atoms with Gasteiger partial charge in [0.05, 0.1) is 0 Å². The predicted octanol–water partition coefficient (Wildman–Crippen LogP) is 0.626. The van der Waals surface area contributed by atoms with Crippen molar-refractivity contribution >= 4 is 5.91 Å². The minimum absolute atomic E-state index is 0.0962. The van der Waals surface area contributed by atoms with E-state index in [2.05, 4.69) is 0 Å². The van der Waals surface area contributed by atoms with Gasteiger partial charge in [0.1, 0.15) is 0 Å². The zero-order valence-electron chi connectivity index (χ0n) is 8.00. The van der Waals surface area contributed by atoms with Crippen LogP contribution in [-0.4, -0.2) is 34.6 Å². The van der Waals surface area contributed by atoms with Crippen LogP contribution in [0.1, 0.15) is 27.2 Å². The average molecular weight is 171 g/mol. The fourth-order valence-corrected chi connectivity index (χ4v) is 1.55. The van der Waals surface area contributed by atoms with Gasteiger partial charge in [-0.25, -0.2) is 0 Å². The number of rotatable bonds is 1. The van der Waals surface area contributed by atoms with E-state index >= 15 is 0 Å². The summed E-state index contributed by atoms with van der Waals surface area (Å²) in [7, 11) is 0. The molecule has 3 nitrogen and oxygen atoms in total. The smallest absolute Gasteiger partial charge is 0.223 e. The van der Waals surface area contributed by atoms with Gasteiger partial charge in [0.15, 0.2) is 0 Å². The molecule has 1 unspecified atom stereocenters. The van der Waals surface area contributed by atoms with Crippen molar-refractivity contribution in [3.8, 4) is 0 Å². The first-order chi connectivity index (χ1) is 5.45. The Morgan fingerprint density at radius 3 is 2.42 bits per heavy atom. The number of carbonyl (C=O) groups is 1. The molecule has 0 bridgehead atoms. The molecule has 1 atom stereocenters. The first-order valence-corrected chi connectivity index (χ1v) is 4.36. The van der Waals surface area contributed by atoms with Crippen LogP contribution in [0.4, 0.5) is 0 Å². The molecule has 0 aliphatic carbocycles. The highest BCUT2D eigenvalue weighted by molar-refractivity contribution is 5.79. The lowest BCUT2D eigenvalue weighted by Crippen LogP contribution is -2.42. The maximum Gasteiger partial charge on any atom is 0.223 e. The standard InChI is InChI=1S/C9H17NO2/c1-9(2,3)10-5-7(6-11)4-8(10)12/h7,11H,4-6H2,1-3H3. The number of carbonyl (C=O) groups excluding carboxylic acids is 1. The molecular formula is C9H17NO2. The van der Waals surface area contributed by atoms with Gasteiger partial charge in [-0.3, -0.25) is 4.79 Å². The number of aliphatic hydroxyl groups is 1. The van der Waals surface area contributed by atoms with Gasteiger partial charge in [-0.05, 0) is 20.8 Å². The molecule has 0 radical (unpaired) electrons. The zero-order chi connectivity index (χ0) is 9.35. The molecule has 1 heterocycles. The van der Waals surface area contributed by atoms with Gasteiger partial charge in [-0.1, -0.05) is 0 Å². The van der Waals surface area contributed by atoms with Crippen LogP contribution in [0.3, 0.4) is 0 Å². The highest BCUT2D eigenvalue weighted by Gasteiger charge is 2.35. The number of nitrogens with zero attached hydrogens (tertiary/aromatic N) is 1. The molecule has 1 aliphatic rings. The Kier molecular flexibility index (Phi) is 2.42. The second-order valence-electron chi connectivity index (χ2n) is 4.43. The number of likely N-dealkylation sites (tertiary alicyclic amines) is 1. The third kappa shape index (κ3) is 1.78. The maximum atomic E-state index is 11.4. The summed E-state index contributed by atoms with van der Waals surface area (Å²) in [6.07, 6.45) is 0.508. The van der Waals surface area contributed by atoms with E-state index in [1.165, 1.54) is 0 Å². The van der Waals surface area contributed by atoms with E-state index < -0.39 is 0 Å². The molecular weight excluding hydrogens is 154 g/mol. The van der Waals surface area contributed by atoms with Gasteiger partial charge in [0.25, 0.3) is 0 Å². The first kappa shape index (κ1) is 9.52. The van der Waals surface area contributed by atoms with Crippen molar-refractivity contribution in [2.45, 2.75) is 32.7 Å². The van der Waals surface area contributed by atoms with E-state index in [1.54, 1.807) is 0 Å². The Bertz CT molecular complexity index is 183. The number of aliphatic hydroxyl groups excluding tert-OH is 1. The summed E-state index contributed by atoms with van der Waals surface area (Å²) in [6, 6.07) is 0. The zero-order valence-corrected chi connectivity index (χ0v) is 8.00. The molecule has 0 aromatic rings. The maximum absolute atomic E-state index is 11.4. The Morgan fingerprint density at radius 2 is 2.17 bits per heavy atom. The van der Waals surface area contributed by atoms with Gasteiger partial charge >= 0.3 is 0 Å². The highest BCUT2D eigenvalue weighted by Crippen LogP contribution is 2.24. The predicted molar refractivity (Wildman–Crippen MR) is 46.7 cm³/mol. The molecule has 1 fully saturated rings. The topological polar surface area (TPSA) is 40.5 Å². The molecule has 70 valence electrons. The van der Waals surface area contributed by atoms with E-state index in [9.17, 15) is 4.79 Å². The van der Waals surface area contributed by atoms with E-state index in [4.69, 9.17) is 5.11 Å². The van der Waals surface area contributed by atoms with Gasteiger partial charge in [0, 0.05) is 31.0 Å². The summed E-state index contributed by atoms with van der Waals surface area (Å²) in [5, 5.41) is 8.89. The molecule has 1 amide bonds. The fourth-order valence-electron chi connectivity index (χ4n) is 1.55. The van der Waals surface area contributed by atoms with Gasteiger partial charge in [0.2, 0.25) is 5.91 Å². The molecule has 1 rings (SSSR count). The SMILES string of the molecule is CC(C)(C)N1CC(CO)CC1=O. The third-order valence-corrected chi connectivity index (χ3v) is 2.27. The third-order valence-electron chi connectivity index (χ3n) is 2.27. The van der Waals surface area contributed by atoms with Crippen molar-refractivity contribution < 1.29 is 9.90 Å². The van der Waals surface area contributed by atoms with E-state index in [0.29, 0.717) is 13.0 Å². The summed E-state index contributed by atoms with van der Waals surface area (Å²) < 4.78 is 0. The molecule has 0 aromatic heterocycles. The molecule has 1 N–H and O–H groups in total. The normalized spacial score (nSPS) is 25.2. The van der Waals surface area contributed by atoms with Crippen molar-refractivity contribution in [1.29, 1.82) is 0 Å². The van der Waals surface area contributed by atoms with Crippen LogP contribution in [0.5, 0.6) is 0 Å². The summed E-state index contributed by atoms with van der Waals surface area (Å²) in [5.41, 5.74) is -0.0962. The van der Waals surface area contributed by atoms with Crippen LogP contribution in [0.25, 0.3) is 0 Å². The van der Waals surface area contributed by atoms with Crippen LogP contribution >= 0.6 is 0 Å². The average Bonchev–Trinajstić information content (AvgIpc) is 2.29. The van der Waals surface area contributed by atoms with E-state index in [-0.39, 0.29) is 24.0 Å². The lowest BCUT2D eigenvalue weighted by atomic mass is 10.1. The van der Waals surface area contributed by atoms with Gasteiger partial charge in [-0.2, -0.15) is 0 Å². The Balaban J connectivity index is 2.64. The second-order valence-corrected chi connectivity index (χ2v) is 4.43. The molecule has 0 spiro atoms. The second kappa shape index (κ2) is 3.05. The van der Waals surface area contributed by atoms with Crippen molar-refractivity contribution in [1.82, 2.24) is 4.90 Å². The van der Waals surface area contributed by atoms with Crippen LogP contribution in [0.2, 0.25) is 0 Å². The largest absolute Gasteiger partial charge is 0.396 e. The van der Waals surface area contributed by atoms with Crippen LogP contribution < -0.4 is 0 Å². The summed E-state index contributed by atoms with van der Waals surface area (Å²) in [5.74, 6) is 0.318. The van der Waals surface area contributed by atoms with Crippen molar-refractivity contribution in [2.75, 3.05) is 13.2 Å².